The number of hydrogen-bond donors (Lipinski definition) is 1. The summed E-state index contributed by atoms with van der Waals surface area (Å²) in [7, 11) is 1.89. The van der Waals surface area contributed by atoms with Crippen molar-refractivity contribution < 1.29 is 9.59 Å². The third kappa shape index (κ3) is 2.40. The van der Waals surface area contributed by atoms with Crippen molar-refractivity contribution in [3.8, 4) is 0 Å². The largest absolute Gasteiger partial charge is 0.336 e. The van der Waals surface area contributed by atoms with Crippen LogP contribution in [0.15, 0.2) is 12.4 Å². The maximum absolute atomic E-state index is 12.2. The average Bonchev–Trinajstić information content (AvgIpc) is 3.10. The molecule has 2 aliphatic heterocycles. The molecule has 1 aromatic heterocycles. The number of hydrogen-bond acceptors (Lipinski definition) is 4. The summed E-state index contributed by atoms with van der Waals surface area (Å²) in [5, 5.41) is 6.85. The van der Waals surface area contributed by atoms with Gasteiger partial charge in [-0.2, -0.15) is 5.10 Å². The van der Waals surface area contributed by atoms with E-state index in [9.17, 15) is 9.59 Å². The van der Waals surface area contributed by atoms with Crippen LogP contribution in [0.1, 0.15) is 24.4 Å². The maximum Gasteiger partial charge on any atom is 0.324 e. The van der Waals surface area contributed by atoms with Crippen molar-refractivity contribution >= 4 is 11.9 Å². The number of aryl methyl sites for hydroxylation is 1. The fourth-order valence-electron chi connectivity index (χ4n) is 2.97. The second-order valence-electron chi connectivity index (χ2n) is 5.35. The number of imide groups is 1. The molecule has 0 bridgehead atoms. The highest BCUT2D eigenvalue weighted by Gasteiger charge is 2.32. The van der Waals surface area contributed by atoms with E-state index in [1.54, 1.807) is 4.68 Å². The van der Waals surface area contributed by atoms with E-state index in [0.717, 1.165) is 24.9 Å². The summed E-state index contributed by atoms with van der Waals surface area (Å²) in [4.78, 5) is 27.2. The van der Waals surface area contributed by atoms with Crippen LogP contribution in [0, 0.1) is 0 Å². The number of carbonyl (C=O) groups excluding carboxylic acids is 2. The lowest BCUT2D eigenvalue weighted by molar-refractivity contribution is -0.129. The lowest BCUT2D eigenvalue weighted by Gasteiger charge is -2.24. The van der Waals surface area contributed by atoms with Crippen LogP contribution in [0.5, 0.6) is 0 Å². The first-order chi connectivity index (χ1) is 9.65. The summed E-state index contributed by atoms with van der Waals surface area (Å²) >= 11 is 0. The van der Waals surface area contributed by atoms with E-state index in [1.807, 2.05) is 19.4 Å². The number of rotatable bonds is 3. The van der Waals surface area contributed by atoms with Gasteiger partial charge in [-0.3, -0.25) is 19.3 Å². The minimum absolute atomic E-state index is 0.115. The molecule has 1 aromatic rings. The van der Waals surface area contributed by atoms with Crippen LogP contribution in [0.3, 0.4) is 0 Å². The summed E-state index contributed by atoms with van der Waals surface area (Å²) in [5.74, 6) is -0.115. The Morgan fingerprint density at radius 1 is 1.50 bits per heavy atom. The monoisotopic (exact) mass is 277 g/mol. The summed E-state index contributed by atoms with van der Waals surface area (Å²) in [6, 6.07) is -0.0366. The third-order valence-electron chi connectivity index (χ3n) is 3.97. The van der Waals surface area contributed by atoms with Gasteiger partial charge in [0.15, 0.2) is 0 Å². The highest BCUT2D eigenvalue weighted by Crippen LogP contribution is 2.31. The van der Waals surface area contributed by atoms with Gasteiger partial charge >= 0.3 is 6.03 Å². The van der Waals surface area contributed by atoms with Gasteiger partial charge < -0.3 is 5.32 Å². The molecule has 0 unspecified atom stereocenters. The minimum atomic E-state index is -0.271. The number of carbonyl (C=O) groups is 2. The lowest BCUT2D eigenvalue weighted by atomic mass is 10.1. The Balaban J connectivity index is 1.67. The van der Waals surface area contributed by atoms with E-state index in [4.69, 9.17) is 0 Å². The molecule has 2 fully saturated rings. The molecule has 0 aromatic carbocycles. The number of amides is 3. The van der Waals surface area contributed by atoms with Crippen LogP contribution in [0.4, 0.5) is 4.79 Å². The number of aromatic nitrogens is 2. The summed E-state index contributed by atoms with van der Waals surface area (Å²) in [5.41, 5.74) is 1.14. The zero-order valence-corrected chi connectivity index (χ0v) is 11.6. The van der Waals surface area contributed by atoms with Crippen molar-refractivity contribution in [3.63, 3.8) is 0 Å². The van der Waals surface area contributed by atoms with Crippen LogP contribution in [-0.4, -0.2) is 57.7 Å². The first-order valence-electron chi connectivity index (χ1n) is 6.96. The number of likely N-dealkylation sites (tertiary alicyclic amines) is 1. The van der Waals surface area contributed by atoms with Crippen molar-refractivity contribution in [2.45, 2.75) is 18.9 Å². The third-order valence-corrected chi connectivity index (χ3v) is 3.97. The SMILES string of the molecule is Cn1cc([C@@H]2CCCN2CC(=O)N2CCNC2=O)cn1. The molecule has 20 heavy (non-hydrogen) atoms. The van der Waals surface area contributed by atoms with Gasteiger partial charge in [-0.1, -0.05) is 0 Å². The Hall–Kier alpha value is -1.89. The van der Waals surface area contributed by atoms with Crippen LogP contribution in [-0.2, 0) is 11.8 Å². The average molecular weight is 277 g/mol. The Kier molecular flexibility index (Phi) is 3.43. The van der Waals surface area contributed by atoms with Gasteiger partial charge in [0.25, 0.3) is 0 Å². The Morgan fingerprint density at radius 3 is 3.00 bits per heavy atom. The zero-order valence-electron chi connectivity index (χ0n) is 11.6. The molecular weight excluding hydrogens is 258 g/mol. The van der Waals surface area contributed by atoms with E-state index < -0.39 is 0 Å². The predicted molar refractivity (Wildman–Crippen MR) is 71.9 cm³/mol. The molecule has 0 saturated carbocycles. The van der Waals surface area contributed by atoms with Crippen molar-refractivity contribution in [3.05, 3.63) is 18.0 Å². The van der Waals surface area contributed by atoms with Crippen molar-refractivity contribution in [2.75, 3.05) is 26.2 Å². The molecule has 1 atom stereocenters. The van der Waals surface area contributed by atoms with Crippen molar-refractivity contribution in [2.24, 2.45) is 7.05 Å². The maximum atomic E-state index is 12.2. The highest BCUT2D eigenvalue weighted by molar-refractivity contribution is 5.96. The Morgan fingerprint density at radius 2 is 2.35 bits per heavy atom. The molecule has 1 N–H and O–H groups in total. The molecule has 3 rings (SSSR count). The highest BCUT2D eigenvalue weighted by atomic mass is 16.2. The van der Waals surface area contributed by atoms with Crippen LogP contribution in [0.25, 0.3) is 0 Å². The number of nitrogens with zero attached hydrogens (tertiary/aromatic N) is 4. The molecule has 2 saturated heterocycles. The molecular formula is C13H19N5O2. The fraction of sp³-hybridized carbons (Fsp3) is 0.615. The van der Waals surface area contributed by atoms with E-state index in [0.29, 0.717) is 19.6 Å². The number of urea groups is 1. The molecule has 3 amide bonds. The van der Waals surface area contributed by atoms with Crippen LogP contribution in [0.2, 0.25) is 0 Å². The first-order valence-corrected chi connectivity index (χ1v) is 6.96. The van der Waals surface area contributed by atoms with E-state index in [-0.39, 0.29) is 18.0 Å². The van der Waals surface area contributed by atoms with Crippen LogP contribution >= 0.6 is 0 Å². The van der Waals surface area contributed by atoms with Gasteiger partial charge in [-0.25, -0.2) is 4.79 Å². The van der Waals surface area contributed by atoms with Gasteiger partial charge in [-0.15, -0.1) is 0 Å². The fourth-order valence-corrected chi connectivity index (χ4v) is 2.97. The summed E-state index contributed by atoms with van der Waals surface area (Å²) < 4.78 is 1.78. The molecule has 3 heterocycles. The minimum Gasteiger partial charge on any atom is -0.336 e. The molecule has 2 aliphatic rings. The molecule has 108 valence electrons. The first kappa shape index (κ1) is 13.1. The topological polar surface area (TPSA) is 70.5 Å². The second kappa shape index (κ2) is 5.24. The Bertz CT molecular complexity index is 527. The molecule has 0 aliphatic carbocycles. The van der Waals surface area contributed by atoms with Crippen LogP contribution < -0.4 is 5.32 Å². The standard InChI is InChI=1S/C13H19N5O2/c1-16-8-10(7-15-16)11-3-2-5-17(11)9-12(19)18-6-4-14-13(18)20/h7-8,11H,2-6,9H2,1H3,(H,14,20)/t11-/m0/s1. The van der Waals surface area contributed by atoms with E-state index >= 15 is 0 Å². The Labute approximate surface area is 117 Å². The molecule has 7 heteroatoms. The van der Waals surface area contributed by atoms with E-state index in [1.165, 1.54) is 4.90 Å². The van der Waals surface area contributed by atoms with Gasteiger partial charge in [0, 0.05) is 37.9 Å². The van der Waals surface area contributed by atoms with Gasteiger partial charge in [-0.05, 0) is 19.4 Å². The molecule has 0 spiro atoms. The second-order valence-corrected chi connectivity index (χ2v) is 5.35. The normalized spacial score (nSPS) is 23.4. The summed E-state index contributed by atoms with van der Waals surface area (Å²) in [6.45, 7) is 2.22. The van der Waals surface area contributed by atoms with Crippen molar-refractivity contribution in [1.82, 2.24) is 24.9 Å². The molecule has 0 radical (unpaired) electrons. The van der Waals surface area contributed by atoms with Gasteiger partial charge in [0.05, 0.1) is 12.7 Å². The molecule has 7 nitrogen and oxygen atoms in total. The predicted octanol–water partition coefficient (Wildman–Crippen LogP) is 0.109. The van der Waals surface area contributed by atoms with Gasteiger partial charge in [0.2, 0.25) is 5.91 Å². The quantitative estimate of drug-likeness (QED) is 0.851. The smallest absolute Gasteiger partial charge is 0.324 e. The lowest BCUT2D eigenvalue weighted by Crippen LogP contribution is -2.41. The zero-order chi connectivity index (χ0) is 14.1. The van der Waals surface area contributed by atoms with Crippen molar-refractivity contribution in [1.29, 1.82) is 0 Å². The van der Waals surface area contributed by atoms with Gasteiger partial charge in [0.1, 0.15) is 0 Å². The number of nitrogens with one attached hydrogen (secondary N) is 1. The summed E-state index contributed by atoms with van der Waals surface area (Å²) in [6.07, 6.45) is 5.95. The van der Waals surface area contributed by atoms with E-state index in [2.05, 4.69) is 15.3 Å².